The minimum absolute atomic E-state index is 0.297. The molecule has 0 bridgehead atoms. The van der Waals surface area contributed by atoms with E-state index in [1.165, 1.54) is 12.4 Å². The number of ether oxygens (including phenoxy) is 1. The summed E-state index contributed by atoms with van der Waals surface area (Å²) in [6, 6.07) is 13.9. The van der Waals surface area contributed by atoms with E-state index in [4.69, 9.17) is 4.74 Å². The van der Waals surface area contributed by atoms with Gasteiger partial charge in [0.2, 0.25) is 0 Å². The molecule has 0 aliphatic rings. The first-order chi connectivity index (χ1) is 14.7. The van der Waals surface area contributed by atoms with Crippen molar-refractivity contribution in [1.82, 2.24) is 30.4 Å². The lowest BCUT2D eigenvalue weighted by Crippen LogP contribution is -1.99. The molecule has 0 spiro atoms. The summed E-state index contributed by atoms with van der Waals surface area (Å²) >= 11 is 0. The first-order valence-electron chi connectivity index (χ1n) is 9.13. The molecule has 0 radical (unpaired) electrons. The van der Waals surface area contributed by atoms with Gasteiger partial charge in [-0.25, -0.2) is 14.4 Å². The molecule has 30 heavy (non-hydrogen) atoms. The van der Waals surface area contributed by atoms with Crippen molar-refractivity contribution in [3.05, 3.63) is 66.9 Å². The van der Waals surface area contributed by atoms with Crippen LogP contribution in [0.3, 0.4) is 0 Å². The molecule has 9 heteroatoms. The Morgan fingerprint density at radius 1 is 1.03 bits per heavy atom. The molecule has 0 amide bonds. The Labute approximate surface area is 170 Å². The number of methoxy groups -OCH3 is 1. The van der Waals surface area contributed by atoms with Gasteiger partial charge < -0.3 is 10.1 Å². The van der Waals surface area contributed by atoms with Crippen molar-refractivity contribution in [3.63, 3.8) is 0 Å². The van der Waals surface area contributed by atoms with E-state index in [-0.39, 0.29) is 5.82 Å². The smallest absolute Gasteiger partial charge is 0.186 e. The van der Waals surface area contributed by atoms with E-state index >= 15 is 0 Å². The number of benzene rings is 2. The molecule has 0 unspecified atom stereocenters. The number of fused-ring (bicyclic) bond motifs is 1. The lowest BCUT2D eigenvalue weighted by molar-refractivity contribution is 0.417. The van der Waals surface area contributed by atoms with E-state index in [0.29, 0.717) is 45.1 Å². The molecular weight excluding hydrogens is 385 g/mol. The van der Waals surface area contributed by atoms with Crippen LogP contribution < -0.4 is 10.1 Å². The van der Waals surface area contributed by atoms with Crippen LogP contribution in [0.5, 0.6) is 5.75 Å². The number of hydrogen-bond donors (Lipinski definition) is 3. The van der Waals surface area contributed by atoms with Crippen molar-refractivity contribution in [2.75, 3.05) is 12.4 Å². The SMILES string of the molecule is COc1ccc(-c2ccccc2F)cc1Nc1ncnc2n[nH]c(-c3ccn[nH]3)c12. The lowest BCUT2D eigenvalue weighted by Gasteiger charge is -2.13. The summed E-state index contributed by atoms with van der Waals surface area (Å²) in [4.78, 5) is 8.62. The summed E-state index contributed by atoms with van der Waals surface area (Å²) < 4.78 is 19.8. The summed E-state index contributed by atoms with van der Waals surface area (Å²) in [6.45, 7) is 0. The fourth-order valence-corrected chi connectivity index (χ4v) is 3.34. The molecule has 0 saturated heterocycles. The van der Waals surface area contributed by atoms with Crippen LogP contribution in [0, 0.1) is 5.82 Å². The third-order valence-corrected chi connectivity index (χ3v) is 4.76. The maximum atomic E-state index is 14.3. The molecule has 0 atom stereocenters. The Balaban J connectivity index is 1.62. The molecule has 148 valence electrons. The standard InChI is InChI=1S/C21H16FN7O/c1-30-17-7-6-12(13-4-2-3-5-14(13)22)10-16(17)26-20-18-19(15-8-9-25-27-15)28-29-21(18)24-11-23-20/h2-11H,1H3,(H,25,27)(H2,23,24,26,28,29). The highest BCUT2D eigenvalue weighted by atomic mass is 19.1. The average molecular weight is 401 g/mol. The van der Waals surface area contributed by atoms with Gasteiger partial charge in [-0.3, -0.25) is 10.2 Å². The predicted molar refractivity (Wildman–Crippen MR) is 111 cm³/mol. The van der Waals surface area contributed by atoms with Crippen molar-refractivity contribution >= 4 is 22.5 Å². The van der Waals surface area contributed by atoms with Crippen LogP contribution >= 0.6 is 0 Å². The third-order valence-electron chi connectivity index (χ3n) is 4.76. The van der Waals surface area contributed by atoms with Crippen LogP contribution in [0.15, 0.2) is 61.1 Å². The number of nitrogens with one attached hydrogen (secondary N) is 3. The number of aromatic nitrogens is 6. The number of halogens is 1. The number of nitrogens with zero attached hydrogens (tertiary/aromatic N) is 4. The largest absolute Gasteiger partial charge is 0.495 e. The summed E-state index contributed by atoms with van der Waals surface area (Å²) in [5.74, 6) is 0.824. The van der Waals surface area contributed by atoms with E-state index in [9.17, 15) is 4.39 Å². The van der Waals surface area contributed by atoms with E-state index in [2.05, 4.69) is 35.7 Å². The first kappa shape index (κ1) is 17.8. The van der Waals surface area contributed by atoms with Crippen LogP contribution in [-0.2, 0) is 0 Å². The molecular formula is C21H16FN7O. The second kappa shape index (κ2) is 7.28. The molecule has 0 saturated carbocycles. The molecule has 5 rings (SSSR count). The fraction of sp³-hybridized carbons (Fsp3) is 0.0476. The van der Waals surface area contributed by atoms with Gasteiger partial charge in [-0.2, -0.15) is 10.2 Å². The van der Waals surface area contributed by atoms with Crippen LogP contribution in [-0.4, -0.2) is 37.5 Å². The third kappa shape index (κ3) is 3.02. The van der Waals surface area contributed by atoms with Crippen molar-refractivity contribution < 1.29 is 9.13 Å². The van der Waals surface area contributed by atoms with Gasteiger partial charge in [-0.15, -0.1) is 0 Å². The van der Waals surface area contributed by atoms with E-state index < -0.39 is 0 Å². The van der Waals surface area contributed by atoms with Crippen molar-refractivity contribution in [2.24, 2.45) is 0 Å². The van der Waals surface area contributed by atoms with Crippen LogP contribution in [0.1, 0.15) is 0 Å². The Kier molecular flexibility index (Phi) is 4.32. The number of rotatable bonds is 5. The zero-order chi connectivity index (χ0) is 20.5. The molecule has 8 nitrogen and oxygen atoms in total. The van der Waals surface area contributed by atoms with Gasteiger partial charge in [0, 0.05) is 11.8 Å². The summed E-state index contributed by atoms with van der Waals surface area (Å²) in [7, 11) is 1.58. The Bertz CT molecular complexity index is 1330. The fourth-order valence-electron chi connectivity index (χ4n) is 3.34. The van der Waals surface area contributed by atoms with Gasteiger partial charge in [0.25, 0.3) is 0 Å². The van der Waals surface area contributed by atoms with Crippen molar-refractivity contribution in [3.8, 4) is 28.3 Å². The van der Waals surface area contributed by atoms with Gasteiger partial charge in [0.05, 0.1) is 29.6 Å². The highest BCUT2D eigenvalue weighted by Crippen LogP contribution is 2.36. The van der Waals surface area contributed by atoms with Crippen molar-refractivity contribution in [1.29, 1.82) is 0 Å². The quantitative estimate of drug-likeness (QED) is 0.406. The van der Waals surface area contributed by atoms with E-state index in [1.54, 1.807) is 37.6 Å². The number of H-pyrrole nitrogens is 2. The monoisotopic (exact) mass is 401 g/mol. The summed E-state index contributed by atoms with van der Waals surface area (Å²) in [5, 5.41) is 18.1. The Hall–Kier alpha value is -4.27. The van der Waals surface area contributed by atoms with Crippen LogP contribution in [0.2, 0.25) is 0 Å². The zero-order valence-corrected chi connectivity index (χ0v) is 15.8. The molecule has 5 aromatic rings. The summed E-state index contributed by atoms with van der Waals surface area (Å²) in [6.07, 6.45) is 3.08. The highest BCUT2D eigenvalue weighted by molar-refractivity contribution is 5.99. The maximum absolute atomic E-state index is 14.3. The van der Waals surface area contributed by atoms with Gasteiger partial charge in [0.1, 0.15) is 23.7 Å². The molecule has 0 fully saturated rings. The molecule has 3 N–H and O–H groups in total. The number of hydrogen-bond acceptors (Lipinski definition) is 6. The van der Waals surface area contributed by atoms with Gasteiger partial charge in [-0.1, -0.05) is 24.3 Å². The molecule has 2 aromatic carbocycles. The zero-order valence-electron chi connectivity index (χ0n) is 15.8. The lowest BCUT2D eigenvalue weighted by atomic mass is 10.0. The second-order valence-corrected chi connectivity index (χ2v) is 6.51. The minimum atomic E-state index is -0.297. The second-order valence-electron chi connectivity index (χ2n) is 6.51. The van der Waals surface area contributed by atoms with E-state index in [1.807, 2.05) is 18.2 Å². The van der Waals surface area contributed by atoms with Crippen LogP contribution in [0.25, 0.3) is 33.5 Å². The highest BCUT2D eigenvalue weighted by Gasteiger charge is 2.17. The van der Waals surface area contributed by atoms with Gasteiger partial charge in [-0.05, 0) is 29.8 Å². The minimum Gasteiger partial charge on any atom is -0.495 e. The molecule has 3 aromatic heterocycles. The average Bonchev–Trinajstić information content (AvgIpc) is 3.44. The van der Waals surface area contributed by atoms with E-state index in [0.717, 1.165) is 5.69 Å². The number of aromatic amines is 2. The molecule has 0 aliphatic heterocycles. The maximum Gasteiger partial charge on any atom is 0.186 e. The normalized spacial score (nSPS) is 11.0. The summed E-state index contributed by atoms with van der Waals surface area (Å²) in [5.41, 5.74) is 3.80. The Morgan fingerprint density at radius 2 is 1.93 bits per heavy atom. The van der Waals surface area contributed by atoms with Crippen molar-refractivity contribution in [2.45, 2.75) is 0 Å². The topological polar surface area (TPSA) is 104 Å². The molecule has 3 heterocycles. The van der Waals surface area contributed by atoms with Gasteiger partial charge in [0.15, 0.2) is 5.65 Å². The Morgan fingerprint density at radius 3 is 2.73 bits per heavy atom. The predicted octanol–water partition coefficient (Wildman–Crippen LogP) is 4.30. The number of anilines is 2. The van der Waals surface area contributed by atoms with Gasteiger partial charge >= 0.3 is 0 Å². The molecule has 0 aliphatic carbocycles. The first-order valence-corrected chi connectivity index (χ1v) is 9.13. The van der Waals surface area contributed by atoms with Crippen LogP contribution in [0.4, 0.5) is 15.9 Å².